The Hall–Kier alpha value is -2.54. The van der Waals surface area contributed by atoms with Crippen LogP contribution in [0.4, 0.5) is 0 Å². The first-order valence-electron chi connectivity index (χ1n) is 13.6. The molecule has 1 N–H and O–H groups in total. The molecular formula is C29H42N2O5. The van der Waals surface area contributed by atoms with Crippen LogP contribution in [0.25, 0.3) is 6.08 Å². The molecular weight excluding hydrogens is 456 g/mol. The maximum Gasteiger partial charge on any atom is 0.306 e. The fourth-order valence-electron chi connectivity index (χ4n) is 5.67. The molecule has 7 nitrogen and oxygen atoms in total. The predicted molar refractivity (Wildman–Crippen MR) is 140 cm³/mol. The van der Waals surface area contributed by atoms with E-state index in [2.05, 4.69) is 4.90 Å². The van der Waals surface area contributed by atoms with Crippen LogP contribution in [0.1, 0.15) is 89.8 Å². The molecule has 0 aromatic heterocycles. The van der Waals surface area contributed by atoms with E-state index in [1.54, 1.807) is 18.2 Å². The fraction of sp³-hybridized carbons (Fsp3) is 0.655. The lowest BCUT2D eigenvalue weighted by atomic mass is 9.83. The molecule has 3 heterocycles. The van der Waals surface area contributed by atoms with E-state index in [0.29, 0.717) is 23.3 Å². The molecule has 1 aromatic rings. The number of carbonyl (C=O) groups is 2. The largest absolute Gasteiger partial charge is 0.507 e. The van der Waals surface area contributed by atoms with Gasteiger partial charge in [-0.1, -0.05) is 20.3 Å². The van der Waals surface area contributed by atoms with Gasteiger partial charge in [-0.05, 0) is 83.2 Å². The van der Waals surface area contributed by atoms with Crippen molar-refractivity contribution in [2.24, 2.45) is 5.92 Å². The fourth-order valence-corrected chi connectivity index (χ4v) is 5.67. The number of fused-ring (bicyclic) bond motifs is 1. The van der Waals surface area contributed by atoms with E-state index in [-0.39, 0.29) is 29.6 Å². The molecule has 198 valence electrons. The summed E-state index contributed by atoms with van der Waals surface area (Å²) >= 11 is 0. The molecule has 0 spiro atoms. The van der Waals surface area contributed by atoms with Crippen LogP contribution in [0.5, 0.6) is 11.5 Å². The van der Waals surface area contributed by atoms with Gasteiger partial charge in [0.2, 0.25) is 5.91 Å². The zero-order chi connectivity index (χ0) is 25.9. The Kier molecular flexibility index (Phi) is 8.28. The number of likely N-dealkylation sites (tertiary alicyclic amines) is 2. The number of ether oxygens (including phenoxy) is 2. The van der Waals surface area contributed by atoms with Gasteiger partial charge in [0.25, 0.3) is 0 Å². The molecule has 2 fully saturated rings. The number of rotatable bonds is 6. The summed E-state index contributed by atoms with van der Waals surface area (Å²) in [5.41, 5.74) is 0.443. The number of piperidine rings is 2. The summed E-state index contributed by atoms with van der Waals surface area (Å²) in [4.78, 5) is 29.7. The summed E-state index contributed by atoms with van der Waals surface area (Å²) < 4.78 is 12.5. The highest BCUT2D eigenvalue weighted by molar-refractivity contribution is 5.92. The molecule has 3 aliphatic heterocycles. The molecule has 7 heteroatoms. The van der Waals surface area contributed by atoms with Gasteiger partial charge >= 0.3 is 5.97 Å². The van der Waals surface area contributed by atoms with E-state index in [0.717, 1.165) is 58.3 Å². The van der Waals surface area contributed by atoms with Crippen molar-refractivity contribution >= 4 is 18.0 Å². The van der Waals surface area contributed by atoms with Crippen LogP contribution in [0, 0.1) is 5.92 Å². The molecule has 1 amide bonds. The molecule has 0 unspecified atom stereocenters. The van der Waals surface area contributed by atoms with Crippen LogP contribution in [-0.4, -0.2) is 64.7 Å². The number of aromatic hydroxyl groups is 1. The van der Waals surface area contributed by atoms with Gasteiger partial charge in [-0.25, -0.2) is 0 Å². The maximum atomic E-state index is 12.8. The van der Waals surface area contributed by atoms with E-state index >= 15 is 0 Å². The molecule has 0 saturated carbocycles. The van der Waals surface area contributed by atoms with Gasteiger partial charge in [0.15, 0.2) is 6.10 Å². The molecule has 0 aliphatic carbocycles. The summed E-state index contributed by atoms with van der Waals surface area (Å²) in [5, 5.41) is 11.5. The number of esters is 1. The van der Waals surface area contributed by atoms with Gasteiger partial charge < -0.3 is 19.5 Å². The quantitative estimate of drug-likeness (QED) is 0.436. The van der Waals surface area contributed by atoms with Gasteiger partial charge in [-0.2, -0.15) is 0 Å². The third kappa shape index (κ3) is 5.88. The average molecular weight is 499 g/mol. The van der Waals surface area contributed by atoms with Crippen LogP contribution >= 0.6 is 0 Å². The Morgan fingerprint density at radius 3 is 2.36 bits per heavy atom. The van der Waals surface area contributed by atoms with Crippen molar-refractivity contribution in [2.75, 3.05) is 26.2 Å². The third-order valence-electron chi connectivity index (χ3n) is 7.54. The number of phenolic OH excluding ortho intramolecular Hbond substituents is 1. The van der Waals surface area contributed by atoms with Crippen molar-refractivity contribution in [3.8, 4) is 11.5 Å². The summed E-state index contributed by atoms with van der Waals surface area (Å²) in [6.45, 7) is 11.2. The summed E-state index contributed by atoms with van der Waals surface area (Å²) in [7, 11) is 0. The van der Waals surface area contributed by atoms with Gasteiger partial charge in [0.05, 0.1) is 11.6 Å². The first-order chi connectivity index (χ1) is 17.2. The van der Waals surface area contributed by atoms with E-state index in [1.165, 1.54) is 6.42 Å². The molecule has 2 atom stereocenters. The SMILES string of the molecule is CC(C)CC(=O)O[C@@H]1[C@@H](N2CCCCC2)c2c(ccc(/C=C\C(=O)N3CCCCC3)c2O)OC1(C)C. The topological polar surface area (TPSA) is 79.3 Å². The second-order valence-electron chi connectivity index (χ2n) is 11.4. The Balaban J connectivity index is 1.69. The van der Waals surface area contributed by atoms with Crippen molar-refractivity contribution in [1.29, 1.82) is 0 Å². The zero-order valence-corrected chi connectivity index (χ0v) is 22.3. The first-order valence-corrected chi connectivity index (χ1v) is 13.6. The van der Waals surface area contributed by atoms with Crippen LogP contribution in [0.2, 0.25) is 0 Å². The van der Waals surface area contributed by atoms with Crippen LogP contribution in [0.3, 0.4) is 0 Å². The predicted octanol–water partition coefficient (Wildman–Crippen LogP) is 5.07. The van der Waals surface area contributed by atoms with Crippen molar-refractivity contribution in [2.45, 2.75) is 90.4 Å². The highest BCUT2D eigenvalue weighted by atomic mass is 16.6. The molecule has 3 aliphatic rings. The Labute approximate surface area is 215 Å². The van der Waals surface area contributed by atoms with Crippen LogP contribution < -0.4 is 4.74 Å². The van der Waals surface area contributed by atoms with E-state index in [1.807, 2.05) is 38.7 Å². The number of hydrogen-bond acceptors (Lipinski definition) is 6. The first kappa shape index (κ1) is 26.5. The zero-order valence-electron chi connectivity index (χ0n) is 22.3. The van der Waals surface area contributed by atoms with Crippen LogP contribution in [-0.2, 0) is 14.3 Å². The highest BCUT2D eigenvalue weighted by Crippen LogP contribution is 2.50. The standard InChI is InChI=1S/C29H42N2O5/c1-20(2)19-24(33)35-28-26(31-17-9-6-10-18-31)25-22(36-29(28,3)4)13-11-21(27(25)34)12-14-23(32)30-15-7-5-8-16-30/h11-14,20,26,28,34H,5-10,15-19H2,1-4H3/b14-12-/t26-,28+/m0/s1. The Morgan fingerprint density at radius 2 is 1.72 bits per heavy atom. The lowest BCUT2D eigenvalue weighted by molar-refractivity contribution is -0.173. The number of amides is 1. The normalized spacial score (nSPS) is 24.4. The molecule has 4 rings (SSSR count). The van der Waals surface area contributed by atoms with Crippen molar-refractivity contribution in [3.63, 3.8) is 0 Å². The highest BCUT2D eigenvalue weighted by Gasteiger charge is 2.50. The average Bonchev–Trinajstić information content (AvgIpc) is 2.84. The molecule has 0 bridgehead atoms. The van der Waals surface area contributed by atoms with Crippen molar-refractivity contribution < 1.29 is 24.2 Å². The van der Waals surface area contributed by atoms with Gasteiger partial charge in [0, 0.05) is 31.1 Å². The number of nitrogens with zero attached hydrogens (tertiary/aromatic N) is 2. The number of phenols is 1. The van der Waals surface area contributed by atoms with E-state index in [9.17, 15) is 14.7 Å². The Bertz CT molecular complexity index is 974. The van der Waals surface area contributed by atoms with E-state index < -0.39 is 11.7 Å². The molecule has 2 saturated heterocycles. The van der Waals surface area contributed by atoms with Gasteiger partial charge in [-0.15, -0.1) is 0 Å². The van der Waals surface area contributed by atoms with E-state index in [4.69, 9.17) is 9.47 Å². The van der Waals surface area contributed by atoms with Gasteiger partial charge in [0.1, 0.15) is 17.1 Å². The second kappa shape index (κ2) is 11.2. The molecule has 0 radical (unpaired) electrons. The lowest BCUT2D eigenvalue weighted by Gasteiger charge is -2.48. The summed E-state index contributed by atoms with van der Waals surface area (Å²) in [6, 6.07) is 3.33. The van der Waals surface area contributed by atoms with Gasteiger partial charge in [-0.3, -0.25) is 14.5 Å². The minimum Gasteiger partial charge on any atom is -0.507 e. The minimum atomic E-state index is -0.768. The minimum absolute atomic E-state index is 0.0303. The molecule has 1 aromatic carbocycles. The summed E-state index contributed by atoms with van der Waals surface area (Å²) in [6.07, 6.45) is 9.52. The number of carbonyl (C=O) groups excluding carboxylic acids is 2. The van der Waals surface area contributed by atoms with Crippen LogP contribution in [0.15, 0.2) is 18.2 Å². The van der Waals surface area contributed by atoms with Crippen molar-refractivity contribution in [1.82, 2.24) is 9.80 Å². The lowest BCUT2D eigenvalue weighted by Crippen LogP contribution is -2.56. The second-order valence-corrected chi connectivity index (χ2v) is 11.4. The Morgan fingerprint density at radius 1 is 1.08 bits per heavy atom. The monoisotopic (exact) mass is 498 g/mol. The molecule has 36 heavy (non-hydrogen) atoms. The number of hydrogen-bond donors (Lipinski definition) is 1. The number of benzene rings is 1. The summed E-state index contributed by atoms with van der Waals surface area (Å²) in [5.74, 6) is 0.598. The smallest absolute Gasteiger partial charge is 0.306 e. The third-order valence-corrected chi connectivity index (χ3v) is 7.54. The van der Waals surface area contributed by atoms with Crippen molar-refractivity contribution in [3.05, 3.63) is 29.3 Å². The maximum absolute atomic E-state index is 12.8.